The summed E-state index contributed by atoms with van der Waals surface area (Å²) in [6.07, 6.45) is -0.966. The number of nitrogens with zero attached hydrogens (tertiary/aromatic N) is 1. The Balaban J connectivity index is 2.10. The number of nitrogens with one attached hydrogen (secondary N) is 2. The molecule has 1 atom stereocenters. The monoisotopic (exact) mass is 341 g/mol. The van der Waals surface area contributed by atoms with E-state index in [0.29, 0.717) is 17.2 Å². The smallest absolute Gasteiger partial charge is 0.414 e. The number of benzene rings is 1. The van der Waals surface area contributed by atoms with Gasteiger partial charge in [-0.05, 0) is 25.1 Å². The minimum Gasteiger partial charge on any atom is -0.442 e. The van der Waals surface area contributed by atoms with E-state index in [0.717, 1.165) is 6.07 Å². The van der Waals surface area contributed by atoms with Gasteiger partial charge < -0.3 is 10.1 Å². The number of anilines is 1. The minimum atomic E-state index is -0.763. The molecule has 1 aliphatic heterocycles. The van der Waals surface area contributed by atoms with Crippen LogP contribution < -0.4 is 15.7 Å². The van der Waals surface area contributed by atoms with Gasteiger partial charge in [0.15, 0.2) is 0 Å². The SMILES string of the molecule is CONC(=O)c1ccc(N2C[C@H](CNC(C)=S)OC2=O)cc1F. The lowest BCUT2D eigenvalue weighted by atomic mass is 10.1. The molecule has 1 aliphatic rings. The van der Waals surface area contributed by atoms with Gasteiger partial charge in [0.25, 0.3) is 5.91 Å². The normalized spacial score (nSPS) is 16.9. The molecule has 1 fully saturated rings. The highest BCUT2D eigenvalue weighted by Gasteiger charge is 2.32. The van der Waals surface area contributed by atoms with Gasteiger partial charge >= 0.3 is 6.09 Å². The second-order valence-corrected chi connectivity index (χ2v) is 5.47. The Hall–Kier alpha value is -2.26. The Morgan fingerprint density at radius 1 is 1.57 bits per heavy atom. The van der Waals surface area contributed by atoms with E-state index >= 15 is 0 Å². The number of ether oxygens (including phenoxy) is 1. The van der Waals surface area contributed by atoms with Crippen LogP contribution in [0.4, 0.5) is 14.9 Å². The molecule has 0 bridgehead atoms. The van der Waals surface area contributed by atoms with Crippen LogP contribution in [0.5, 0.6) is 0 Å². The van der Waals surface area contributed by atoms with Crippen LogP contribution in [0.15, 0.2) is 18.2 Å². The lowest BCUT2D eigenvalue weighted by molar-refractivity contribution is 0.0533. The largest absolute Gasteiger partial charge is 0.442 e. The van der Waals surface area contributed by atoms with Crippen molar-refractivity contribution in [3.63, 3.8) is 0 Å². The van der Waals surface area contributed by atoms with Gasteiger partial charge in [-0.15, -0.1) is 0 Å². The van der Waals surface area contributed by atoms with E-state index in [1.165, 1.54) is 24.1 Å². The summed E-state index contributed by atoms with van der Waals surface area (Å²) in [4.78, 5) is 29.8. The Kier molecular flexibility index (Phi) is 5.45. The predicted molar refractivity (Wildman–Crippen MR) is 84.8 cm³/mol. The van der Waals surface area contributed by atoms with Crippen molar-refractivity contribution in [3.8, 4) is 0 Å². The molecule has 0 saturated carbocycles. The first kappa shape index (κ1) is 17.1. The van der Waals surface area contributed by atoms with Crippen molar-refractivity contribution in [1.29, 1.82) is 0 Å². The van der Waals surface area contributed by atoms with E-state index in [9.17, 15) is 14.0 Å². The summed E-state index contributed by atoms with van der Waals surface area (Å²) in [5, 5.41) is 2.92. The summed E-state index contributed by atoms with van der Waals surface area (Å²) in [6.45, 7) is 2.37. The summed E-state index contributed by atoms with van der Waals surface area (Å²) in [5.74, 6) is -1.47. The highest BCUT2D eigenvalue weighted by Crippen LogP contribution is 2.24. The van der Waals surface area contributed by atoms with Gasteiger partial charge in [-0.25, -0.2) is 14.7 Å². The molecular formula is C14H16FN3O4S. The average Bonchev–Trinajstić information content (AvgIpc) is 2.86. The van der Waals surface area contributed by atoms with Gasteiger partial charge in [0.2, 0.25) is 0 Å². The highest BCUT2D eigenvalue weighted by molar-refractivity contribution is 7.80. The van der Waals surface area contributed by atoms with E-state index in [2.05, 4.69) is 10.2 Å². The Morgan fingerprint density at radius 3 is 2.91 bits per heavy atom. The maximum Gasteiger partial charge on any atom is 0.414 e. The molecule has 0 aromatic heterocycles. The number of hydroxylamine groups is 1. The first-order valence-corrected chi connectivity index (χ1v) is 7.18. The van der Waals surface area contributed by atoms with Crippen LogP contribution in [0.25, 0.3) is 0 Å². The van der Waals surface area contributed by atoms with Crippen molar-refractivity contribution in [2.75, 3.05) is 25.1 Å². The standard InChI is InChI=1S/C14H16FN3O4S/c1-8(23)16-6-10-7-18(14(20)22-10)9-3-4-11(12(15)5-9)13(19)17-21-2/h3-5,10H,6-7H2,1-2H3,(H,16,23)(H,17,19)/t10-/m0/s1. The van der Waals surface area contributed by atoms with Crippen molar-refractivity contribution in [2.45, 2.75) is 13.0 Å². The Morgan fingerprint density at radius 2 is 2.30 bits per heavy atom. The molecule has 2 rings (SSSR count). The fourth-order valence-corrected chi connectivity index (χ4v) is 2.18. The van der Waals surface area contributed by atoms with E-state index in [1.54, 1.807) is 6.92 Å². The molecule has 0 spiro atoms. The number of thiocarbonyl (C=S) groups is 1. The molecule has 0 radical (unpaired) electrons. The summed E-state index contributed by atoms with van der Waals surface area (Å²) in [7, 11) is 1.25. The molecule has 2 amide bonds. The molecule has 1 saturated heterocycles. The Labute approximate surface area is 137 Å². The lowest BCUT2D eigenvalue weighted by Crippen LogP contribution is -2.32. The number of rotatable bonds is 5. The zero-order valence-corrected chi connectivity index (χ0v) is 13.4. The second kappa shape index (κ2) is 7.34. The quantitative estimate of drug-likeness (QED) is 0.622. The molecule has 9 heteroatoms. The van der Waals surface area contributed by atoms with E-state index in [1.807, 2.05) is 5.48 Å². The van der Waals surface area contributed by atoms with Crippen LogP contribution in [0, 0.1) is 5.82 Å². The summed E-state index contributed by atoms with van der Waals surface area (Å²) >= 11 is 4.90. The van der Waals surface area contributed by atoms with Crippen LogP contribution in [0.3, 0.4) is 0 Å². The molecule has 1 heterocycles. The number of cyclic esters (lactones) is 1. The fourth-order valence-electron chi connectivity index (χ4n) is 2.10. The number of carbonyl (C=O) groups is 2. The van der Waals surface area contributed by atoms with Gasteiger partial charge in [-0.2, -0.15) is 0 Å². The van der Waals surface area contributed by atoms with E-state index in [4.69, 9.17) is 17.0 Å². The number of hydrogen-bond acceptors (Lipinski definition) is 5. The molecule has 1 aromatic carbocycles. The van der Waals surface area contributed by atoms with Gasteiger partial charge in [0, 0.05) is 0 Å². The van der Waals surface area contributed by atoms with E-state index < -0.39 is 17.8 Å². The minimum absolute atomic E-state index is 0.183. The van der Waals surface area contributed by atoms with Gasteiger partial charge in [-0.1, -0.05) is 12.2 Å². The molecule has 2 N–H and O–H groups in total. The zero-order chi connectivity index (χ0) is 17.0. The molecule has 0 aliphatic carbocycles. The first-order chi connectivity index (χ1) is 10.9. The van der Waals surface area contributed by atoms with Gasteiger partial charge in [0.1, 0.15) is 11.9 Å². The van der Waals surface area contributed by atoms with Crippen LogP contribution >= 0.6 is 12.2 Å². The van der Waals surface area contributed by atoms with Crippen LogP contribution in [-0.2, 0) is 9.57 Å². The Bertz CT molecular complexity index is 640. The van der Waals surface area contributed by atoms with Crippen molar-refractivity contribution in [3.05, 3.63) is 29.6 Å². The van der Waals surface area contributed by atoms with Crippen molar-refractivity contribution in [1.82, 2.24) is 10.8 Å². The molecule has 23 heavy (non-hydrogen) atoms. The van der Waals surface area contributed by atoms with Crippen molar-refractivity contribution >= 4 is 34.9 Å². The topological polar surface area (TPSA) is 79.9 Å². The van der Waals surface area contributed by atoms with Crippen LogP contribution in [0.2, 0.25) is 0 Å². The highest BCUT2D eigenvalue weighted by atomic mass is 32.1. The molecular weight excluding hydrogens is 325 g/mol. The third kappa shape index (κ3) is 4.14. The third-order valence-electron chi connectivity index (χ3n) is 3.16. The second-order valence-electron chi connectivity index (χ2n) is 4.85. The third-order valence-corrected chi connectivity index (χ3v) is 3.30. The molecule has 0 unspecified atom stereocenters. The summed E-state index contributed by atoms with van der Waals surface area (Å²) in [6, 6.07) is 3.85. The number of halogens is 1. The van der Waals surface area contributed by atoms with Crippen LogP contribution in [-0.4, -0.2) is 43.3 Å². The molecule has 124 valence electrons. The maximum atomic E-state index is 14.0. The molecule has 7 nitrogen and oxygen atoms in total. The van der Waals surface area contributed by atoms with Crippen molar-refractivity contribution < 1.29 is 23.6 Å². The summed E-state index contributed by atoms with van der Waals surface area (Å²) in [5.41, 5.74) is 2.16. The average molecular weight is 341 g/mol. The number of carbonyl (C=O) groups excluding carboxylic acids is 2. The van der Waals surface area contributed by atoms with Gasteiger partial charge in [0.05, 0.1) is 36.4 Å². The first-order valence-electron chi connectivity index (χ1n) is 6.78. The van der Waals surface area contributed by atoms with Crippen molar-refractivity contribution in [2.24, 2.45) is 0 Å². The fraction of sp³-hybridized carbons (Fsp3) is 0.357. The summed E-state index contributed by atoms with van der Waals surface area (Å²) < 4.78 is 19.2. The molecule has 1 aromatic rings. The van der Waals surface area contributed by atoms with E-state index in [-0.39, 0.29) is 18.2 Å². The van der Waals surface area contributed by atoms with Crippen LogP contribution in [0.1, 0.15) is 17.3 Å². The zero-order valence-electron chi connectivity index (χ0n) is 12.6. The maximum absolute atomic E-state index is 14.0. The van der Waals surface area contributed by atoms with Gasteiger partial charge in [-0.3, -0.25) is 14.5 Å². The lowest BCUT2D eigenvalue weighted by Gasteiger charge is -2.14. The predicted octanol–water partition coefficient (Wildman–Crippen LogP) is 1.38. The number of amides is 2. The number of hydrogen-bond donors (Lipinski definition) is 2.